The van der Waals surface area contributed by atoms with Crippen LogP contribution < -0.4 is 5.32 Å². The van der Waals surface area contributed by atoms with Crippen LogP contribution in [0, 0.1) is 0 Å². The maximum absolute atomic E-state index is 12.0. The SMILES string of the molecule is CNCCCC(=O)N1CCN(Cc2ccccc2)CC1.Cl.Cl. The summed E-state index contributed by atoms with van der Waals surface area (Å²) in [6.45, 7) is 5.60. The molecule has 126 valence electrons. The third-order valence-electron chi connectivity index (χ3n) is 3.79. The minimum atomic E-state index is 0. The molecule has 1 amide bonds. The van der Waals surface area contributed by atoms with Crippen LogP contribution >= 0.6 is 24.8 Å². The van der Waals surface area contributed by atoms with E-state index in [1.54, 1.807) is 0 Å². The fourth-order valence-corrected chi connectivity index (χ4v) is 2.57. The first kappa shape index (κ1) is 21.2. The first-order valence-electron chi connectivity index (χ1n) is 7.48. The number of amides is 1. The average molecular weight is 348 g/mol. The van der Waals surface area contributed by atoms with Gasteiger partial charge in [-0.15, -0.1) is 24.8 Å². The average Bonchev–Trinajstić information content (AvgIpc) is 2.49. The zero-order valence-corrected chi connectivity index (χ0v) is 14.8. The Hall–Kier alpha value is -0.810. The minimum Gasteiger partial charge on any atom is -0.340 e. The smallest absolute Gasteiger partial charge is 0.222 e. The lowest BCUT2D eigenvalue weighted by Crippen LogP contribution is -2.48. The Labute approximate surface area is 146 Å². The molecule has 0 saturated carbocycles. The third kappa shape index (κ3) is 6.97. The molecule has 1 aliphatic heterocycles. The van der Waals surface area contributed by atoms with Crippen LogP contribution in [-0.2, 0) is 11.3 Å². The van der Waals surface area contributed by atoms with E-state index in [4.69, 9.17) is 0 Å². The summed E-state index contributed by atoms with van der Waals surface area (Å²) < 4.78 is 0. The van der Waals surface area contributed by atoms with Crippen LogP contribution in [0.5, 0.6) is 0 Å². The van der Waals surface area contributed by atoms with Crippen molar-refractivity contribution < 1.29 is 4.79 Å². The molecule has 1 aromatic carbocycles. The van der Waals surface area contributed by atoms with Crippen molar-refractivity contribution in [2.75, 3.05) is 39.8 Å². The Kier molecular flexibility index (Phi) is 11.3. The van der Waals surface area contributed by atoms with Gasteiger partial charge in [-0.1, -0.05) is 30.3 Å². The first-order chi connectivity index (χ1) is 9.79. The van der Waals surface area contributed by atoms with Gasteiger partial charge in [0.15, 0.2) is 0 Å². The second-order valence-electron chi connectivity index (χ2n) is 5.35. The van der Waals surface area contributed by atoms with Crippen LogP contribution in [0.3, 0.4) is 0 Å². The summed E-state index contributed by atoms with van der Waals surface area (Å²) in [4.78, 5) is 16.5. The van der Waals surface area contributed by atoms with Crippen LogP contribution in [0.25, 0.3) is 0 Å². The molecule has 4 nitrogen and oxygen atoms in total. The van der Waals surface area contributed by atoms with Crippen molar-refractivity contribution in [2.45, 2.75) is 19.4 Å². The van der Waals surface area contributed by atoms with E-state index in [1.807, 2.05) is 18.0 Å². The molecule has 0 unspecified atom stereocenters. The predicted octanol–water partition coefficient (Wildman–Crippen LogP) is 2.17. The van der Waals surface area contributed by atoms with Gasteiger partial charge in [-0.05, 0) is 25.6 Å². The van der Waals surface area contributed by atoms with Crippen LogP contribution in [0.2, 0.25) is 0 Å². The highest BCUT2D eigenvalue weighted by molar-refractivity contribution is 5.85. The number of carbonyl (C=O) groups excluding carboxylic acids is 1. The van der Waals surface area contributed by atoms with E-state index in [-0.39, 0.29) is 24.8 Å². The largest absolute Gasteiger partial charge is 0.340 e. The van der Waals surface area contributed by atoms with Crippen molar-refractivity contribution >= 4 is 30.7 Å². The number of hydrogen-bond acceptors (Lipinski definition) is 3. The summed E-state index contributed by atoms with van der Waals surface area (Å²) >= 11 is 0. The van der Waals surface area contributed by atoms with Crippen molar-refractivity contribution in [3.63, 3.8) is 0 Å². The van der Waals surface area contributed by atoms with Crippen molar-refractivity contribution in [2.24, 2.45) is 0 Å². The Morgan fingerprint density at radius 2 is 1.73 bits per heavy atom. The van der Waals surface area contributed by atoms with Gasteiger partial charge < -0.3 is 10.2 Å². The minimum absolute atomic E-state index is 0. The zero-order valence-electron chi connectivity index (χ0n) is 13.2. The zero-order chi connectivity index (χ0) is 14.2. The number of benzene rings is 1. The molecular formula is C16H27Cl2N3O. The Morgan fingerprint density at radius 1 is 1.09 bits per heavy atom. The maximum Gasteiger partial charge on any atom is 0.222 e. The second kappa shape index (κ2) is 11.7. The monoisotopic (exact) mass is 347 g/mol. The van der Waals surface area contributed by atoms with Gasteiger partial charge in [-0.25, -0.2) is 0 Å². The van der Waals surface area contributed by atoms with Crippen LogP contribution in [0.1, 0.15) is 18.4 Å². The lowest BCUT2D eigenvalue weighted by atomic mass is 10.2. The Bertz CT molecular complexity index is 409. The number of halogens is 2. The highest BCUT2D eigenvalue weighted by Gasteiger charge is 2.20. The summed E-state index contributed by atoms with van der Waals surface area (Å²) in [5.41, 5.74) is 1.35. The Morgan fingerprint density at radius 3 is 2.32 bits per heavy atom. The molecule has 1 N–H and O–H groups in total. The molecular weight excluding hydrogens is 321 g/mol. The van der Waals surface area contributed by atoms with Crippen LogP contribution in [0.4, 0.5) is 0 Å². The molecule has 0 atom stereocenters. The Balaban J connectivity index is 0.00000220. The summed E-state index contributed by atoms with van der Waals surface area (Å²) in [7, 11) is 1.92. The normalized spacial score (nSPS) is 14.9. The highest BCUT2D eigenvalue weighted by Crippen LogP contribution is 2.09. The van der Waals surface area contributed by atoms with E-state index in [2.05, 4.69) is 34.5 Å². The van der Waals surface area contributed by atoms with Crippen molar-refractivity contribution in [3.05, 3.63) is 35.9 Å². The van der Waals surface area contributed by atoms with Crippen molar-refractivity contribution in [3.8, 4) is 0 Å². The summed E-state index contributed by atoms with van der Waals surface area (Å²) in [6.07, 6.45) is 1.60. The molecule has 1 fully saturated rings. The fourth-order valence-electron chi connectivity index (χ4n) is 2.57. The molecule has 1 aliphatic rings. The van der Waals surface area contributed by atoms with Crippen molar-refractivity contribution in [1.29, 1.82) is 0 Å². The quantitative estimate of drug-likeness (QED) is 0.801. The van der Waals surface area contributed by atoms with Crippen LogP contribution in [0.15, 0.2) is 30.3 Å². The second-order valence-corrected chi connectivity index (χ2v) is 5.35. The number of rotatable bonds is 6. The molecule has 0 aliphatic carbocycles. The molecule has 2 rings (SSSR count). The molecule has 1 saturated heterocycles. The number of nitrogens with one attached hydrogen (secondary N) is 1. The fraction of sp³-hybridized carbons (Fsp3) is 0.562. The molecule has 0 spiro atoms. The molecule has 22 heavy (non-hydrogen) atoms. The molecule has 1 aromatic rings. The van der Waals surface area contributed by atoms with Gasteiger partial charge in [0, 0.05) is 39.1 Å². The predicted molar refractivity (Wildman–Crippen MR) is 96.0 cm³/mol. The third-order valence-corrected chi connectivity index (χ3v) is 3.79. The van der Waals surface area contributed by atoms with Crippen LogP contribution in [-0.4, -0.2) is 55.5 Å². The van der Waals surface area contributed by atoms with E-state index in [0.29, 0.717) is 12.3 Å². The maximum atomic E-state index is 12.0. The van der Waals surface area contributed by atoms with E-state index >= 15 is 0 Å². The molecule has 0 aromatic heterocycles. The topological polar surface area (TPSA) is 35.6 Å². The summed E-state index contributed by atoms with van der Waals surface area (Å²) in [6, 6.07) is 10.5. The number of carbonyl (C=O) groups is 1. The summed E-state index contributed by atoms with van der Waals surface area (Å²) in [5.74, 6) is 0.305. The lowest BCUT2D eigenvalue weighted by Gasteiger charge is -2.34. The van der Waals surface area contributed by atoms with Gasteiger partial charge in [0.25, 0.3) is 0 Å². The standard InChI is InChI=1S/C16H25N3O.2ClH/c1-17-9-5-8-16(20)19-12-10-18(11-13-19)14-15-6-3-2-4-7-15;;/h2-4,6-7,17H,5,8-14H2,1H3;2*1H. The number of nitrogens with zero attached hydrogens (tertiary/aromatic N) is 2. The van der Waals surface area contributed by atoms with Gasteiger partial charge in [0.1, 0.15) is 0 Å². The first-order valence-corrected chi connectivity index (χ1v) is 7.48. The van der Waals surface area contributed by atoms with Crippen molar-refractivity contribution in [1.82, 2.24) is 15.1 Å². The van der Waals surface area contributed by atoms with E-state index in [9.17, 15) is 4.79 Å². The van der Waals surface area contributed by atoms with E-state index in [0.717, 1.165) is 45.7 Å². The van der Waals surface area contributed by atoms with E-state index in [1.165, 1.54) is 5.56 Å². The molecule has 6 heteroatoms. The molecule has 1 heterocycles. The van der Waals surface area contributed by atoms with Gasteiger partial charge in [0.2, 0.25) is 5.91 Å². The van der Waals surface area contributed by atoms with E-state index < -0.39 is 0 Å². The van der Waals surface area contributed by atoms with Gasteiger partial charge in [-0.2, -0.15) is 0 Å². The summed E-state index contributed by atoms with van der Waals surface area (Å²) in [5, 5.41) is 3.08. The van der Waals surface area contributed by atoms with Gasteiger partial charge in [-0.3, -0.25) is 9.69 Å². The highest BCUT2D eigenvalue weighted by atomic mass is 35.5. The van der Waals surface area contributed by atoms with Gasteiger partial charge >= 0.3 is 0 Å². The molecule has 0 radical (unpaired) electrons. The number of hydrogen-bond donors (Lipinski definition) is 1. The molecule has 0 bridgehead atoms. The number of piperazine rings is 1. The van der Waals surface area contributed by atoms with Gasteiger partial charge in [0.05, 0.1) is 0 Å². The lowest BCUT2D eigenvalue weighted by molar-refractivity contribution is -0.133.